The molecule has 1 aromatic heterocycles. The number of anilines is 2. The maximum absolute atomic E-state index is 11.5. The lowest BCUT2D eigenvalue weighted by atomic mass is 10.2. The van der Waals surface area contributed by atoms with Gasteiger partial charge in [-0.1, -0.05) is 6.92 Å². The number of hydrogen-bond donors (Lipinski definition) is 2. The first-order chi connectivity index (χ1) is 8.54. The van der Waals surface area contributed by atoms with Gasteiger partial charge in [-0.05, 0) is 0 Å². The molecule has 1 aliphatic rings. The van der Waals surface area contributed by atoms with E-state index in [0.717, 1.165) is 23.8 Å². The molecule has 1 unspecified atom stereocenters. The zero-order chi connectivity index (χ0) is 13.3. The number of nitriles is 1. The molecule has 0 bridgehead atoms. The summed E-state index contributed by atoms with van der Waals surface area (Å²) in [6, 6.07) is 2.02. The molecule has 1 saturated heterocycles. The third kappa shape index (κ3) is 2.26. The normalized spacial score (nSPS) is 19.6. The van der Waals surface area contributed by atoms with E-state index in [0.29, 0.717) is 15.7 Å². The molecular weight excluding hydrogens is 268 g/mol. The number of carbonyl (C=O) groups excluding carboxylic acids is 1. The molecule has 2 rings (SSSR count). The van der Waals surface area contributed by atoms with E-state index < -0.39 is 5.91 Å². The molecule has 0 radical (unpaired) electrons. The first-order valence-electron chi connectivity index (χ1n) is 5.53. The second kappa shape index (κ2) is 5.08. The Bertz CT molecular complexity index is 520. The van der Waals surface area contributed by atoms with E-state index >= 15 is 0 Å². The van der Waals surface area contributed by atoms with Crippen LogP contribution in [-0.4, -0.2) is 30.0 Å². The predicted octanol–water partition coefficient (Wildman–Crippen LogP) is 1.24. The quantitative estimate of drug-likeness (QED) is 0.850. The molecule has 1 amide bonds. The van der Waals surface area contributed by atoms with Gasteiger partial charge in [0.1, 0.15) is 15.9 Å². The van der Waals surface area contributed by atoms with Crippen molar-refractivity contribution in [1.82, 2.24) is 0 Å². The van der Waals surface area contributed by atoms with Crippen molar-refractivity contribution >= 4 is 39.7 Å². The second-order valence-corrected chi connectivity index (χ2v) is 6.67. The van der Waals surface area contributed by atoms with E-state index in [1.165, 1.54) is 11.3 Å². The molecule has 0 spiro atoms. The molecule has 4 N–H and O–H groups in total. The highest BCUT2D eigenvalue weighted by Crippen LogP contribution is 2.39. The molecule has 5 nitrogen and oxygen atoms in total. The molecule has 1 fully saturated rings. The fourth-order valence-corrected chi connectivity index (χ4v) is 4.05. The summed E-state index contributed by atoms with van der Waals surface area (Å²) in [6.45, 7) is 3.83. The minimum atomic E-state index is -0.564. The molecule has 0 saturated carbocycles. The zero-order valence-electron chi connectivity index (χ0n) is 9.97. The van der Waals surface area contributed by atoms with E-state index in [-0.39, 0.29) is 5.69 Å². The van der Waals surface area contributed by atoms with Crippen LogP contribution in [0.1, 0.15) is 22.2 Å². The Kier molecular flexibility index (Phi) is 3.68. The number of carbonyl (C=O) groups is 1. The van der Waals surface area contributed by atoms with Crippen LogP contribution in [0.15, 0.2) is 0 Å². The summed E-state index contributed by atoms with van der Waals surface area (Å²) in [5, 5.41) is 10.2. The van der Waals surface area contributed by atoms with Gasteiger partial charge in [-0.25, -0.2) is 0 Å². The highest BCUT2D eigenvalue weighted by Gasteiger charge is 2.26. The van der Waals surface area contributed by atoms with E-state index in [1.54, 1.807) is 0 Å². The summed E-state index contributed by atoms with van der Waals surface area (Å²) >= 11 is 3.15. The van der Waals surface area contributed by atoms with Crippen molar-refractivity contribution in [2.75, 3.05) is 29.5 Å². The highest BCUT2D eigenvalue weighted by molar-refractivity contribution is 8.00. The van der Waals surface area contributed by atoms with E-state index in [2.05, 4.69) is 11.8 Å². The fourth-order valence-electron chi connectivity index (χ4n) is 1.98. The smallest absolute Gasteiger partial charge is 0.253 e. The van der Waals surface area contributed by atoms with Crippen molar-refractivity contribution in [3.8, 4) is 6.07 Å². The predicted molar refractivity (Wildman–Crippen MR) is 76.1 cm³/mol. The van der Waals surface area contributed by atoms with Crippen LogP contribution in [0.2, 0.25) is 0 Å². The molecular formula is C11H14N4OS2. The standard InChI is InChI=1S/C11H14N4OS2/c1-6-5-15(2-3-17-6)11-8(10(14)16)9(13)7(4-12)18-11/h6H,2-3,5,13H2,1H3,(H2,14,16). The Labute approximate surface area is 114 Å². The van der Waals surface area contributed by atoms with Crippen molar-refractivity contribution in [1.29, 1.82) is 5.26 Å². The number of nitrogens with zero attached hydrogens (tertiary/aromatic N) is 2. The summed E-state index contributed by atoms with van der Waals surface area (Å²) < 4.78 is 0. The number of rotatable bonds is 2. The lowest BCUT2D eigenvalue weighted by Crippen LogP contribution is -2.37. The van der Waals surface area contributed by atoms with Gasteiger partial charge in [-0.2, -0.15) is 17.0 Å². The van der Waals surface area contributed by atoms with Crippen molar-refractivity contribution < 1.29 is 4.79 Å². The maximum Gasteiger partial charge on any atom is 0.253 e. The van der Waals surface area contributed by atoms with Gasteiger partial charge >= 0.3 is 0 Å². The lowest BCUT2D eigenvalue weighted by molar-refractivity contribution is 0.100. The number of thioether (sulfide) groups is 1. The number of nitrogens with two attached hydrogens (primary N) is 2. The van der Waals surface area contributed by atoms with Crippen LogP contribution in [-0.2, 0) is 0 Å². The molecule has 1 aliphatic heterocycles. The summed E-state index contributed by atoms with van der Waals surface area (Å²) in [5.74, 6) is 0.435. The largest absolute Gasteiger partial charge is 0.396 e. The van der Waals surface area contributed by atoms with Crippen molar-refractivity contribution in [3.63, 3.8) is 0 Å². The van der Waals surface area contributed by atoms with Crippen molar-refractivity contribution in [3.05, 3.63) is 10.4 Å². The minimum absolute atomic E-state index is 0.218. The Morgan fingerprint density at radius 2 is 2.33 bits per heavy atom. The third-order valence-corrected chi connectivity index (χ3v) is 5.11. The van der Waals surface area contributed by atoms with Gasteiger partial charge in [-0.3, -0.25) is 4.79 Å². The first kappa shape index (κ1) is 13.1. The van der Waals surface area contributed by atoms with Gasteiger partial charge in [0.2, 0.25) is 0 Å². The Morgan fingerprint density at radius 1 is 1.61 bits per heavy atom. The van der Waals surface area contributed by atoms with Crippen LogP contribution in [0.4, 0.5) is 10.7 Å². The Hall–Kier alpha value is -1.39. The maximum atomic E-state index is 11.5. The molecule has 2 heterocycles. The Morgan fingerprint density at radius 3 is 2.89 bits per heavy atom. The van der Waals surface area contributed by atoms with Crippen LogP contribution in [0.3, 0.4) is 0 Å². The SMILES string of the molecule is CC1CN(c2sc(C#N)c(N)c2C(N)=O)CCS1. The van der Waals surface area contributed by atoms with Crippen LogP contribution in [0.25, 0.3) is 0 Å². The molecule has 1 aromatic rings. The third-order valence-electron chi connectivity index (χ3n) is 2.80. The van der Waals surface area contributed by atoms with Gasteiger partial charge in [0, 0.05) is 24.1 Å². The molecule has 1 atom stereocenters. The van der Waals surface area contributed by atoms with Crippen molar-refractivity contribution in [2.45, 2.75) is 12.2 Å². The Balaban J connectivity index is 2.43. The topological polar surface area (TPSA) is 96.1 Å². The average Bonchev–Trinajstić information content (AvgIpc) is 2.66. The van der Waals surface area contributed by atoms with E-state index in [9.17, 15) is 4.79 Å². The number of primary amides is 1. The highest BCUT2D eigenvalue weighted by atomic mass is 32.2. The number of hydrogen-bond acceptors (Lipinski definition) is 6. The number of thiophene rings is 1. The van der Waals surface area contributed by atoms with Gasteiger partial charge in [-0.15, -0.1) is 11.3 Å². The fraction of sp³-hybridized carbons (Fsp3) is 0.455. The molecule has 0 aromatic carbocycles. The molecule has 18 heavy (non-hydrogen) atoms. The van der Waals surface area contributed by atoms with E-state index in [4.69, 9.17) is 16.7 Å². The molecule has 7 heteroatoms. The zero-order valence-corrected chi connectivity index (χ0v) is 11.6. The lowest BCUT2D eigenvalue weighted by Gasteiger charge is -2.31. The number of nitrogen functional groups attached to an aromatic ring is 1. The van der Waals surface area contributed by atoms with Crippen molar-refractivity contribution in [2.24, 2.45) is 5.73 Å². The van der Waals surface area contributed by atoms with Crippen LogP contribution in [0.5, 0.6) is 0 Å². The minimum Gasteiger partial charge on any atom is -0.396 e. The van der Waals surface area contributed by atoms with E-state index in [1.807, 2.05) is 17.8 Å². The van der Waals surface area contributed by atoms with Crippen LogP contribution < -0.4 is 16.4 Å². The van der Waals surface area contributed by atoms with Gasteiger partial charge < -0.3 is 16.4 Å². The summed E-state index contributed by atoms with van der Waals surface area (Å²) in [5.41, 5.74) is 11.7. The van der Waals surface area contributed by atoms with Gasteiger partial charge in [0.25, 0.3) is 5.91 Å². The number of amides is 1. The molecule has 0 aliphatic carbocycles. The van der Waals surface area contributed by atoms with Gasteiger partial charge in [0.05, 0.1) is 11.3 Å². The summed E-state index contributed by atoms with van der Waals surface area (Å²) in [4.78, 5) is 14.0. The molecule has 96 valence electrons. The monoisotopic (exact) mass is 282 g/mol. The second-order valence-electron chi connectivity index (χ2n) is 4.13. The first-order valence-corrected chi connectivity index (χ1v) is 7.39. The summed E-state index contributed by atoms with van der Waals surface area (Å²) in [7, 11) is 0. The van der Waals surface area contributed by atoms with Crippen LogP contribution >= 0.6 is 23.1 Å². The average molecular weight is 282 g/mol. The van der Waals surface area contributed by atoms with Crippen LogP contribution in [0, 0.1) is 11.3 Å². The van der Waals surface area contributed by atoms with Gasteiger partial charge in [0.15, 0.2) is 0 Å². The summed E-state index contributed by atoms with van der Waals surface area (Å²) in [6.07, 6.45) is 0.